The van der Waals surface area contributed by atoms with Gasteiger partial charge in [-0.15, -0.1) is 0 Å². The number of carbonyl (C=O) groups excluding carboxylic acids is 1. The minimum atomic E-state index is -5.91. The van der Waals surface area contributed by atoms with Crippen LogP contribution in [0.1, 0.15) is 12.5 Å². The number of rotatable bonds is 5. The third-order valence-electron chi connectivity index (χ3n) is 2.21. The van der Waals surface area contributed by atoms with Crippen molar-refractivity contribution < 1.29 is 35.4 Å². The summed E-state index contributed by atoms with van der Waals surface area (Å²) in [7, 11) is -4.51. The molecule has 0 N–H and O–H groups in total. The molecule has 0 unspecified atom stereocenters. The van der Waals surface area contributed by atoms with Crippen LogP contribution in [0.5, 0.6) is 5.75 Å². The molecule has 0 saturated heterocycles. The van der Waals surface area contributed by atoms with Gasteiger partial charge in [-0.25, -0.2) is 0 Å². The monoisotopic (exact) mass is 325 g/mol. The van der Waals surface area contributed by atoms with Crippen molar-refractivity contribution in [3.63, 3.8) is 0 Å². The van der Waals surface area contributed by atoms with Crippen molar-refractivity contribution in [2.75, 3.05) is 7.11 Å². The summed E-state index contributed by atoms with van der Waals surface area (Å²) >= 11 is 0. The fraction of sp³-hybridized carbons (Fsp3) is 0.273. The average molecular weight is 325 g/mol. The van der Waals surface area contributed by atoms with Gasteiger partial charge in [0.2, 0.25) is 0 Å². The second-order valence-electron chi connectivity index (χ2n) is 3.70. The molecule has 0 aliphatic heterocycles. The summed E-state index contributed by atoms with van der Waals surface area (Å²) < 4.78 is 66.1. The van der Waals surface area contributed by atoms with E-state index in [4.69, 9.17) is 4.74 Å². The van der Waals surface area contributed by atoms with Gasteiger partial charge in [0, 0.05) is 12.5 Å². The molecule has 0 aromatic heterocycles. The van der Waals surface area contributed by atoms with E-state index in [1.54, 1.807) is 0 Å². The van der Waals surface area contributed by atoms with E-state index >= 15 is 0 Å². The molecular weight excluding hydrogens is 315 g/mol. The van der Waals surface area contributed by atoms with E-state index in [1.165, 1.54) is 31.4 Å². The summed E-state index contributed by atoms with van der Waals surface area (Å²) in [5, 5.41) is 2.81. The van der Waals surface area contributed by atoms with Crippen LogP contribution >= 0.6 is 0 Å². The summed E-state index contributed by atoms with van der Waals surface area (Å²) in [4.78, 5) is 11.3. The second kappa shape index (κ2) is 6.12. The summed E-state index contributed by atoms with van der Waals surface area (Å²) in [5.74, 6) is -0.331. The molecule has 1 aromatic rings. The van der Waals surface area contributed by atoms with Gasteiger partial charge in [-0.3, -0.25) is 9.08 Å². The summed E-state index contributed by atoms with van der Waals surface area (Å²) in [6.07, 6.45) is 0. The van der Waals surface area contributed by atoms with Gasteiger partial charge in [0.05, 0.1) is 7.11 Å². The normalized spacial score (nSPS) is 12.9. The maximum Gasteiger partial charge on any atom is 0.536 e. The lowest BCUT2D eigenvalue weighted by atomic mass is 10.1. The van der Waals surface area contributed by atoms with Crippen LogP contribution in [0, 0.1) is 0 Å². The van der Waals surface area contributed by atoms with Crippen LogP contribution in [0.2, 0.25) is 0 Å². The lowest BCUT2D eigenvalue weighted by Gasteiger charge is -2.07. The Kier molecular flexibility index (Phi) is 4.94. The first kappa shape index (κ1) is 17.0. The van der Waals surface area contributed by atoms with Crippen LogP contribution in [0.3, 0.4) is 0 Å². The van der Waals surface area contributed by atoms with Crippen LogP contribution in [0.15, 0.2) is 29.4 Å². The molecule has 116 valence electrons. The van der Waals surface area contributed by atoms with Crippen molar-refractivity contribution >= 4 is 21.6 Å². The van der Waals surface area contributed by atoms with Crippen molar-refractivity contribution in [3.8, 4) is 5.75 Å². The minimum absolute atomic E-state index is 0.0840. The molecule has 0 aliphatic carbocycles. The Hall–Kier alpha value is -2.10. The number of hydrogen-bond acceptors (Lipinski definition) is 6. The van der Waals surface area contributed by atoms with Crippen molar-refractivity contribution in [1.29, 1.82) is 0 Å². The van der Waals surface area contributed by atoms with Crippen LogP contribution in [-0.2, 0) is 19.2 Å². The van der Waals surface area contributed by atoms with E-state index in [9.17, 15) is 26.4 Å². The van der Waals surface area contributed by atoms with E-state index in [1.807, 2.05) is 0 Å². The maximum absolute atomic E-state index is 12.1. The van der Waals surface area contributed by atoms with Gasteiger partial charge < -0.3 is 4.74 Å². The molecule has 6 nitrogen and oxygen atoms in total. The highest BCUT2D eigenvalue weighted by atomic mass is 32.2. The van der Waals surface area contributed by atoms with Gasteiger partial charge in [0.25, 0.3) is 0 Å². The second-order valence-corrected chi connectivity index (χ2v) is 5.22. The average Bonchev–Trinajstić information content (AvgIpc) is 2.37. The number of oxime groups is 1. The Morgan fingerprint density at radius 2 is 1.71 bits per heavy atom. The zero-order chi connectivity index (χ0) is 16.3. The van der Waals surface area contributed by atoms with Crippen LogP contribution in [0.4, 0.5) is 13.2 Å². The minimum Gasteiger partial charge on any atom is -0.497 e. The number of ketones is 1. The van der Waals surface area contributed by atoms with Gasteiger partial charge in [0.15, 0.2) is 11.5 Å². The number of methoxy groups -OCH3 is 1. The largest absolute Gasteiger partial charge is 0.536 e. The maximum atomic E-state index is 12.1. The number of halogens is 3. The lowest BCUT2D eigenvalue weighted by molar-refractivity contribution is -0.111. The predicted octanol–water partition coefficient (Wildman–Crippen LogP) is 1.85. The Morgan fingerprint density at radius 1 is 1.19 bits per heavy atom. The highest BCUT2D eigenvalue weighted by Crippen LogP contribution is 2.25. The first-order valence-corrected chi connectivity index (χ1v) is 6.72. The number of alkyl halides is 3. The number of carbonyl (C=O) groups is 1. The highest BCUT2D eigenvalue weighted by Gasteiger charge is 2.49. The molecular formula is C11H10F3NO5S. The van der Waals surface area contributed by atoms with Crippen molar-refractivity contribution in [2.24, 2.45) is 5.16 Å². The molecule has 0 bridgehead atoms. The quantitative estimate of drug-likeness (QED) is 0.469. The highest BCUT2D eigenvalue weighted by molar-refractivity contribution is 7.87. The molecule has 10 heteroatoms. The Labute approximate surface area is 118 Å². The molecule has 21 heavy (non-hydrogen) atoms. The molecule has 0 fully saturated rings. The zero-order valence-electron chi connectivity index (χ0n) is 10.8. The molecule has 0 heterocycles. The molecule has 0 radical (unpaired) electrons. The van der Waals surface area contributed by atoms with Crippen LogP contribution in [-0.4, -0.2) is 32.5 Å². The summed E-state index contributed by atoms with van der Waals surface area (Å²) in [6, 6.07) is 5.49. The Balaban J connectivity index is 3.13. The SMILES string of the molecule is COc1ccc(/C(=N/OS(=O)(=O)C(F)(F)F)C(C)=O)cc1. The summed E-state index contributed by atoms with van der Waals surface area (Å²) in [6.45, 7) is 1.01. The molecule has 0 aliphatic rings. The fourth-order valence-electron chi connectivity index (χ4n) is 1.20. The topological polar surface area (TPSA) is 82.0 Å². The third kappa shape index (κ3) is 4.18. The standard InChI is InChI=1S/C11H10F3NO5S/c1-7(16)10(8-3-5-9(19-2)6-4-8)15-20-21(17,18)11(12,13)14/h3-6H,1-2H3/b15-10+. The first-order valence-electron chi connectivity index (χ1n) is 5.32. The third-order valence-corrected chi connectivity index (χ3v) is 3.04. The number of hydrogen-bond donors (Lipinski definition) is 0. The zero-order valence-corrected chi connectivity index (χ0v) is 11.7. The Morgan fingerprint density at radius 3 is 2.10 bits per heavy atom. The summed E-state index contributed by atoms with van der Waals surface area (Å²) in [5.41, 5.74) is -6.11. The van der Waals surface area contributed by atoms with Gasteiger partial charge in [0.1, 0.15) is 5.75 Å². The molecule has 0 atom stereocenters. The van der Waals surface area contributed by atoms with Gasteiger partial charge in [-0.05, 0) is 24.3 Å². The number of ether oxygens (including phenoxy) is 1. The lowest BCUT2D eigenvalue weighted by Crippen LogP contribution is -2.25. The van der Waals surface area contributed by atoms with Crippen molar-refractivity contribution in [3.05, 3.63) is 29.8 Å². The number of nitrogens with zero attached hydrogens (tertiary/aromatic N) is 1. The van der Waals surface area contributed by atoms with E-state index in [-0.39, 0.29) is 5.56 Å². The van der Waals surface area contributed by atoms with E-state index in [0.29, 0.717) is 5.75 Å². The Bertz CT molecular complexity index is 649. The molecule has 0 saturated carbocycles. The van der Waals surface area contributed by atoms with Gasteiger partial charge in [-0.2, -0.15) is 21.6 Å². The van der Waals surface area contributed by atoms with Crippen LogP contribution in [0.25, 0.3) is 0 Å². The number of Topliss-reactive ketones (excluding diaryl/α,β-unsaturated/α-hetero) is 1. The van der Waals surface area contributed by atoms with Crippen molar-refractivity contribution in [2.45, 2.75) is 12.4 Å². The first-order chi connectivity index (χ1) is 9.58. The van der Waals surface area contributed by atoms with Crippen LogP contribution < -0.4 is 4.74 Å². The predicted molar refractivity (Wildman–Crippen MR) is 66.3 cm³/mol. The molecule has 0 spiro atoms. The number of benzene rings is 1. The van der Waals surface area contributed by atoms with Gasteiger partial charge >= 0.3 is 15.6 Å². The van der Waals surface area contributed by atoms with E-state index in [2.05, 4.69) is 9.44 Å². The molecule has 0 amide bonds. The van der Waals surface area contributed by atoms with Gasteiger partial charge in [-0.1, -0.05) is 5.16 Å². The smallest absolute Gasteiger partial charge is 0.497 e. The molecule has 1 aromatic carbocycles. The van der Waals surface area contributed by atoms with E-state index < -0.39 is 27.1 Å². The fourth-order valence-corrected chi connectivity index (χ4v) is 1.45. The van der Waals surface area contributed by atoms with E-state index in [0.717, 1.165) is 6.92 Å². The van der Waals surface area contributed by atoms with Crippen molar-refractivity contribution in [1.82, 2.24) is 0 Å². The molecule has 1 rings (SSSR count).